The monoisotopic (exact) mass is 283 g/mol. The van der Waals surface area contributed by atoms with Gasteiger partial charge in [0, 0.05) is 24.7 Å². The number of fused-ring (bicyclic) bond motifs is 1. The minimum absolute atomic E-state index is 0.137. The highest BCUT2D eigenvalue weighted by atomic mass is 16.2. The Kier molecular flexibility index (Phi) is 3.12. The molecule has 3 rings (SSSR count). The maximum Gasteiger partial charge on any atom is 0.274 e. The first-order valence-corrected chi connectivity index (χ1v) is 6.96. The number of aromatic nitrogens is 1. The van der Waals surface area contributed by atoms with Gasteiger partial charge in [-0.15, -0.1) is 0 Å². The van der Waals surface area contributed by atoms with E-state index in [2.05, 4.69) is 10.3 Å². The van der Waals surface area contributed by atoms with Gasteiger partial charge >= 0.3 is 0 Å². The summed E-state index contributed by atoms with van der Waals surface area (Å²) in [6.45, 7) is 4.47. The first kappa shape index (κ1) is 13.5. The number of benzene rings is 1. The molecule has 0 radical (unpaired) electrons. The molecule has 1 aromatic carbocycles. The van der Waals surface area contributed by atoms with E-state index < -0.39 is 5.54 Å². The largest absolute Gasteiger partial charge is 0.352 e. The maximum atomic E-state index is 12.9. The number of piperazine rings is 1. The van der Waals surface area contributed by atoms with Crippen LogP contribution in [0.2, 0.25) is 0 Å². The summed E-state index contributed by atoms with van der Waals surface area (Å²) < 4.78 is 0. The molecule has 0 atom stereocenters. The Labute approximate surface area is 123 Å². The van der Waals surface area contributed by atoms with Crippen molar-refractivity contribution in [3.8, 4) is 0 Å². The van der Waals surface area contributed by atoms with E-state index in [1.807, 2.05) is 30.3 Å². The molecule has 2 amide bonds. The van der Waals surface area contributed by atoms with E-state index in [4.69, 9.17) is 0 Å². The predicted octanol–water partition coefficient (Wildman–Crippen LogP) is 1.59. The fourth-order valence-electron chi connectivity index (χ4n) is 2.67. The van der Waals surface area contributed by atoms with E-state index >= 15 is 0 Å². The van der Waals surface area contributed by atoms with Crippen molar-refractivity contribution in [1.29, 1.82) is 0 Å². The summed E-state index contributed by atoms with van der Waals surface area (Å²) in [5, 5.41) is 4.57. The number of hydrogen-bond acceptors (Lipinski definition) is 3. The van der Waals surface area contributed by atoms with Crippen LogP contribution >= 0.6 is 0 Å². The number of carbonyl (C=O) groups is 2. The van der Waals surface area contributed by atoms with Gasteiger partial charge in [0.05, 0.1) is 0 Å². The fraction of sp³-hybridized carbons (Fsp3) is 0.312. The number of nitrogens with zero attached hydrogens (tertiary/aromatic N) is 2. The molecule has 0 spiro atoms. The van der Waals surface area contributed by atoms with E-state index in [-0.39, 0.29) is 11.8 Å². The fourth-order valence-corrected chi connectivity index (χ4v) is 2.67. The maximum absolute atomic E-state index is 12.9. The quantitative estimate of drug-likeness (QED) is 0.864. The lowest BCUT2D eigenvalue weighted by Gasteiger charge is -2.41. The minimum atomic E-state index is -0.867. The summed E-state index contributed by atoms with van der Waals surface area (Å²) in [7, 11) is 0. The van der Waals surface area contributed by atoms with Crippen molar-refractivity contribution < 1.29 is 9.59 Å². The zero-order chi connectivity index (χ0) is 15.0. The molecular formula is C16H17N3O2. The average molecular weight is 283 g/mol. The molecule has 2 aromatic rings. The first-order valence-electron chi connectivity index (χ1n) is 6.96. The molecule has 1 fully saturated rings. The Hall–Kier alpha value is -2.43. The highest BCUT2D eigenvalue weighted by molar-refractivity contribution is 6.07. The van der Waals surface area contributed by atoms with Crippen molar-refractivity contribution in [3.63, 3.8) is 0 Å². The summed E-state index contributed by atoms with van der Waals surface area (Å²) in [6, 6.07) is 9.51. The van der Waals surface area contributed by atoms with Crippen LogP contribution in [-0.2, 0) is 4.79 Å². The zero-order valence-electron chi connectivity index (χ0n) is 12.1. The van der Waals surface area contributed by atoms with Crippen molar-refractivity contribution in [2.24, 2.45) is 0 Å². The summed E-state index contributed by atoms with van der Waals surface area (Å²) >= 11 is 0. The van der Waals surface area contributed by atoms with Gasteiger partial charge in [-0.05, 0) is 25.3 Å². The van der Waals surface area contributed by atoms with E-state index in [1.165, 1.54) is 0 Å². The third-order valence-electron chi connectivity index (χ3n) is 3.97. The Morgan fingerprint density at radius 1 is 1.29 bits per heavy atom. The number of nitrogens with one attached hydrogen (secondary N) is 1. The van der Waals surface area contributed by atoms with Crippen LogP contribution in [0.5, 0.6) is 0 Å². The second kappa shape index (κ2) is 4.84. The lowest BCUT2D eigenvalue weighted by atomic mass is 9.97. The van der Waals surface area contributed by atoms with Gasteiger partial charge in [-0.1, -0.05) is 24.3 Å². The van der Waals surface area contributed by atoms with Crippen molar-refractivity contribution in [2.45, 2.75) is 19.4 Å². The summed E-state index contributed by atoms with van der Waals surface area (Å²) in [4.78, 5) is 30.7. The van der Waals surface area contributed by atoms with Crippen LogP contribution in [0.25, 0.3) is 10.8 Å². The number of pyridine rings is 1. The second-order valence-electron chi connectivity index (χ2n) is 5.65. The van der Waals surface area contributed by atoms with Crippen LogP contribution < -0.4 is 5.32 Å². The standard InChI is InChI=1S/C16H17N3O2/c1-16(2)15(21)18-9-10-19(16)14(20)13-12-6-4-3-5-11(12)7-8-17-13/h3-8H,9-10H2,1-2H3,(H,18,21). The van der Waals surface area contributed by atoms with Crippen LogP contribution in [-0.4, -0.2) is 40.3 Å². The molecule has 0 saturated carbocycles. The molecule has 0 unspecified atom stereocenters. The molecule has 1 N–H and O–H groups in total. The third kappa shape index (κ3) is 2.14. The predicted molar refractivity (Wildman–Crippen MR) is 79.9 cm³/mol. The molecule has 1 aliphatic rings. The van der Waals surface area contributed by atoms with Gasteiger partial charge in [0.15, 0.2) is 0 Å². The highest BCUT2D eigenvalue weighted by Gasteiger charge is 2.41. The Bertz CT molecular complexity index is 719. The van der Waals surface area contributed by atoms with Crippen LogP contribution in [0.4, 0.5) is 0 Å². The van der Waals surface area contributed by atoms with Crippen molar-refractivity contribution in [3.05, 3.63) is 42.2 Å². The summed E-state index contributed by atoms with van der Waals surface area (Å²) in [5.41, 5.74) is -0.468. The SMILES string of the molecule is CC1(C)C(=O)NCCN1C(=O)c1nccc2ccccc12. The normalized spacial score (nSPS) is 17.6. The van der Waals surface area contributed by atoms with E-state index in [9.17, 15) is 9.59 Å². The van der Waals surface area contributed by atoms with Crippen LogP contribution in [0.3, 0.4) is 0 Å². The second-order valence-corrected chi connectivity index (χ2v) is 5.65. The molecule has 2 heterocycles. The number of rotatable bonds is 1. The van der Waals surface area contributed by atoms with Crippen LogP contribution in [0, 0.1) is 0 Å². The van der Waals surface area contributed by atoms with Crippen LogP contribution in [0.15, 0.2) is 36.5 Å². The smallest absolute Gasteiger partial charge is 0.274 e. The van der Waals surface area contributed by atoms with Gasteiger partial charge in [0.2, 0.25) is 5.91 Å². The van der Waals surface area contributed by atoms with Gasteiger partial charge in [-0.25, -0.2) is 0 Å². The third-order valence-corrected chi connectivity index (χ3v) is 3.97. The van der Waals surface area contributed by atoms with E-state index in [1.54, 1.807) is 24.9 Å². The molecule has 108 valence electrons. The Morgan fingerprint density at radius 2 is 2.05 bits per heavy atom. The van der Waals surface area contributed by atoms with Gasteiger partial charge in [0.25, 0.3) is 5.91 Å². The Balaban J connectivity index is 2.06. The minimum Gasteiger partial charge on any atom is -0.352 e. The zero-order valence-corrected chi connectivity index (χ0v) is 12.1. The molecule has 0 aliphatic carbocycles. The van der Waals surface area contributed by atoms with Crippen molar-refractivity contribution >= 4 is 22.6 Å². The molecule has 1 aromatic heterocycles. The first-order chi connectivity index (χ1) is 10.0. The number of hydrogen-bond donors (Lipinski definition) is 1. The van der Waals surface area contributed by atoms with Gasteiger partial charge in [-0.2, -0.15) is 0 Å². The molecule has 21 heavy (non-hydrogen) atoms. The van der Waals surface area contributed by atoms with Gasteiger partial charge in [0.1, 0.15) is 11.2 Å². The van der Waals surface area contributed by atoms with Crippen LogP contribution in [0.1, 0.15) is 24.3 Å². The number of carbonyl (C=O) groups excluding carboxylic acids is 2. The molecule has 1 saturated heterocycles. The molecule has 5 nitrogen and oxygen atoms in total. The van der Waals surface area contributed by atoms with Gasteiger partial charge in [-0.3, -0.25) is 14.6 Å². The lowest BCUT2D eigenvalue weighted by molar-refractivity contribution is -0.133. The summed E-state index contributed by atoms with van der Waals surface area (Å²) in [6.07, 6.45) is 1.63. The highest BCUT2D eigenvalue weighted by Crippen LogP contribution is 2.23. The molecular weight excluding hydrogens is 266 g/mol. The molecule has 1 aliphatic heterocycles. The number of amides is 2. The average Bonchev–Trinajstić information content (AvgIpc) is 2.49. The Morgan fingerprint density at radius 3 is 2.86 bits per heavy atom. The summed E-state index contributed by atoms with van der Waals surface area (Å²) in [5.74, 6) is -0.339. The van der Waals surface area contributed by atoms with E-state index in [0.717, 1.165) is 10.8 Å². The molecule has 5 heteroatoms. The van der Waals surface area contributed by atoms with Crippen molar-refractivity contribution in [2.75, 3.05) is 13.1 Å². The molecule has 0 bridgehead atoms. The van der Waals surface area contributed by atoms with Crippen molar-refractivity contribution in [1.82, 2.24) is 15.2 Å². The van der Waals surface area contributed by atoms with Gasteiger partial charge < -0.3 is 10.2 Å². The lowest BCUT2D eigenvalue weighted by Crippen LogP contribution is -2.63. The van der Waals surface area contributed by atoms with E-state index in [0.29, 0.717) is 18.8 Å². The topological polar surface area (TPSA) is 62.3 Å².